The molecule has 0 aromatic heterocycles. The predicted molar refractivity (Wildman–Crippen MR) is 86.4 cm³/mol. The Labute approximate surface area is 128 Å². The molecule has 1 aliphatic rings. The lowest BCUT2D eigenvalue weighted by atomic mass is 9.90. The summed E-state index contributed by atoms with van der Waals surface area (Å²) in [4.78, 5) is 11.5. The number of hydrogen-bond donors (Lipinski definition) is 1. The lowest BCUT2D eigenvalue weighted by Crippen LogP contribution is -2.11. The van der Waals surface area contributed by atoms with Crippen LogP contribution < -0.4 is 5.73 Å². The predicted octanol–water partition coefficient (Wildman–Crippen LogP) is 4.32. The van der Waals surface area contributed by atoms with Gasteiger partial charge in [-0.25, -0.2) is 0 Å². The zero-order valence-corrected chi connectivity index (χ0v) is 12.0. The molecular formula is C18H14ClNO. The van der Waals surface area contributed by atoms with Crippen LogP contribution >= 0.6 is 11.6 Å². The van der Waals surface area contributed by atoms with E-state index in [1.165, 1.54) is 0 Å². The van der Waals surface area contributed by atoms with E-state index in [0.29, 0.717) is 10.6 Å². The highest BCUT2D eigenvalue weighted by Gasteiger charge is 2.17. The highest BCUT2D eigenvalue weighted by atomic mass is 35.5. The number of carbonyl (C=O) groups excluding carboxylic acids is 1. The number of hydrogen-bond acceptors (Lipinski definition) is 1. The molecule has 0 fully saturated rings. The van der Waals surface area contributed by atoms with Crippen LogP contribution in [0.5, 0.6) is 0 Å². The fraction of sp³-hybridized carbons (Fsp3) is 0.0556. The molecule has 0 bridgehead atoms. The molecular weight excluding hydrogens is 282 g/mol. The second-order valence-electron chi connectivity index (χ2n) is 4.91. The van der Waals surface area contributed by atoms with E-state index in [1.807, 2.05) is 36.4 Å². The average molecular weight is 296 g/mol. The molecule has 0 unspecified atom stereocenters. The lowest BCUT2D eigenvalue weighted by molar-refractivity contribution is 0.100. The Morgan fingerprint density at radius 2 is 1.62 bits per heavy atom. The van der Waals surface area contributed by atoms with Gasteiger partial charge in [0.25, 0.3) is 0 Å². The van der Waals surface area contributed by atoms with Crippen molar-refractivity contribution in [2.45, 2.75) is 5.92 Å². The molecule has 0 saturated carbocycles. The highest BCUT2D eigenvalue weighted by molar-refractivity contribution is 6.36. The van der Waals surface area contributed by atoms with E-state index in [4.69, 9.17) is 17.3 Å². The smallest absolute Gasteiger partial charge is 0.250 e. The van der Waals surface area contributed by atoms with Crippen molar-refractivity contribution >= 4 is 17.5 Å². The van der Waals surface area contributed by atoms with Gasteiger partial charge < -0.3 is 5.73 Å². The first-order valence-corrected chi connectivity index (χ1v) is 7.09. The molecule has 2 N–H and O–H groups in total. The zero-order chi connectivity index (χ0) is 14.8. The number of benzene rings is 2. The minimum Gasteiger partial charge on any atom is -0.366 e. The topological polar surface area (TPSA) is 43.1 Å². The highest BCUT2D eigenvalue weighted by Crippen LogP contribution is 2.37. The minimum absolute atomic E-state index is 0.231. The fourth-order valence-electron chi connectivity index (χ4n) is 2.60. The number of primary amides is 1. The summed E-state index contributed by atoms with van der Waals surface area (Å²) in [7, 11) is 0. The first kappa shape index (κ1) is 13.7. The van der Waals surface area contributed by atoms with Gasteiger partial charge in [-0.15, -0.1) is 0 Å². The normalized spacial score (nSPS) is 13.8. The van der Waals surface area contributed by atoms with Gasteiger partial charge >= 0.3 is 0 Å². The summed E-state index contributed by atoms with van der Waals surface area (Å²) >= 11 is 6.38. The van der Waals surface area contributed by atoms with Crippen molar-refractivity contribution < 1.29 is 4.79 Å². The van der Waals surface area contributed by atoms with Crippen LogP contribution in [0, 0.1) is 0 Å². The Hall–Kier alpha value is -2.32. The van der Waals surface area contributed by atoms with Crippen molar-refractivity contribution in [3.05, 3.63) is 82.9 Å². The summed E-state index contributed by atoms with van der Waals surface area (Å²) in [5, 5.41) is 0.406. The number of carbonyl (C=O) groups is 1. The first-order valence-electron chi connectivity index (χ1n) is 6.71. The molecule has 1 aliphatic carbocycles. The number of amides is 1. The molecule has 0 heterocycles. The monoisotopic (exact) mass is 295 g/mol. The summed E-state index contributed by atoms with van der Waals surface area (Å²) in [5.74, 6) is -0.283. The maximum Gasteiger partial charge on any atom is 0.250 e. The van der Waals surface area contributed by atoms with Crippen molar-refractivity contribution in [3.8, 4) is 11.1 Å². The fourth-order valence-corrected chi connectivity index (χ4v) is 2.92. The van der Waals surface area contributed by atoms with Crippen LogP contribution in [0.4, 0.5) is 0 Å². The first-order chi connectivity index (χ1) is 10.2. The van der Waals surface area contributed by atoms with E-state index in [0.717, 1.165) is 16.7 Å². The third-order valence-corrected chi connectivity index (χ3v) is 4.03. The average Bonchev–Trinajstić information content (AvgIpc) is 3.01. The van der Waals surface area contributed by atoms with Gasteiger partial charge in [0.05, 0.1) is 10.6 Å². The van der Waals surface area contributed by atoms with Crippen molar-refractivity contribution in [3.63, 3.8) is 0 Å². The van der Waals surface area contributed by atoms with Gasteiger partial charge in [0, 0.05) is 11.5 Å². The molecule has 0 saturated heterocycles. The van der Waals surface area contributed by atoms with Crippen LogP contribution in [-0.4, -0.2) is 5.91 Å². The SMILES string of the molecule is NC(=O)c1cccc(-c2ccccc2C2C=CC=C2)c1Cl. The molecule has 0 aliphatic heterocycles. The van der Waals surface area contributed by atoms with Crippen LogP contribution in [0.15, 0.2) is 66.8 Å². The van der Waals surface area contributed by atoms with E-state index in [-0.39, 0.29) is 5.92 Å². The Bertz CT molecular complexity index is 750. The molecule has 3 heteroatoms. The lowest BCUT2D eigenvalue weighted by Gasteiger charge is -2.15. The summed E-state index contributed by atoms with van der Waals surface area (Å²) in [5.41, 5.74) is 8.73. The second-order valence-corrected chi connectivity index (χ2v) is 5.29. The number of rotatable bonds is 3. The minimum atomic E-state index is -0.514. The molecule has 0 spiro atoms. The molecule has 21 heavy (non-hydrogen) atoms. The third kappa shape index (κ3) is 2.50. The molecule has 3 rings (SSSR count). The van der Waals surface area contributed by atoms with Gasteiger partial charge in [-0.2, -0.15) is 0 Å². The Kier molecular flexibility index (Phi) is 3.63. The van der Waals surface area contributed by atoms with E-state index >= 15 is 0 Å². The number of halogens is 1. The standard InChI is InChI=1S/C18H14ClNO/c19-17-15(10-5-11-16(17)18(20)21)14-9-4-3-8-13(14)12-6-1-2-7-12/h1-12H,(H2,20,21). The summed E-state index contributed by atoms with van der Waals surface area (Å²) in [6, 6.07) is 13.4. The second kappa shape index (κ2) is 5.58. The van der Waals surface area contributed by atoms with Crippen molar-refractivity contribution in [1.29, 1.82) is 0 Å². The van der Waals surface area contributed by atoms with Crippen LogP contribution in [0.3, 0.4) is 0 Å². The Morgan fingerprint density at radius 1 is 0.952 bits per heavy atom. The van der Waals surface area contributed by atoms with Gasteiger partial charge in [-0.05, 0) is 17.2 Å². The van der Waals surface area contributed by atoms with E-state index in [9.17, 15) is 4.79 Å². The van der Waals surface area contributed by atoms with Gasteiger partial charge in [0.15, 0.2) is 0 Å². The summed E-state index contributed by atoms with van der Waals surface area (Å²) in [6.07, 6.45) is 8.32. The van der Waals surface area contributed by atoms with Gasteiger partial charge in [-0.1, -0.05) is 72.3 Å². The molecule has 1 amide bonds. The van der Waals surface area contributed by atoms with Crippen LogP contribution in [0.1, 0.15) is 21.8 Å². The van der Waals surface area contributed by atoms with Gasteiger partial charge in [0.1, 0.15) is 0 Å². The van der Waals surface area contributed by atoms with Crippen molar-refractivity contribution in [2.24, 2.45) is 5.73 Å². The largest absolute Gasteiger partial charge is 0.366 e. The summed E-state index contributed by atoms with van der Waals surface area (Å²) < 4.78 is 0. The zero-order valence-electron chi connectivity index (χ0n) is 11.3. The van der Waals surface area contributed by atoms with Crippen LogP contribution in [0.2, 0.25) is 5.02 Å². The number of allylic oxidation sites excluding steroid dienone is 4. The molecule has 0 radical (unpaired) electrons. The number of nitrogens with two attached hydrogens (primary N) is 1. The van der Waals surface area contributed by atoms with E-state index < -0.39 is 5.91 Å². The quantitative estimate of drug-likeness (QED) is 0.900. The van der Waals surface area contributed by atoms with Gasteiger partial charge in [0.2, 0.25) is 5.91 Å². The maximum absolute atomic E-state index is 11.5. The Balaban J connectivity index is 2.18. The Morgan fingerprint density at radius 3 is 2.33 bits per heavy atom. The third-order valence-electron chi connectivity index (χ3n) is 3.62. The van der Waals surface area contributed by atoms with Crippen molar-refractivity contribution in [2.75, 3.05) is 0 Å². The van der Waals surface area contributed by atoms with Crippen molar-refractivity contribution in [1.82, 2.24) is 0 Å². The molecule has 2 aromatic carbocycles. The van der Waals surface area contributed by atoms with E-state index in [1.54, 1.807) is 12.1 Å². The maximum atomic E-state index is 11.5. The summed E-state index contributed by atoms with van der Waals surface area (Å²) in [6.45, 7) is 0. The van der Waals surface area contributed by atoms with E-state index in [2.05, 4.69) is 18.2 Å². The molecule has 0 atom stereocenters. The van der Waals surface area contributed by atoms with Crippen LogP contribution in [0.25, 0.3) is 11.1 Å². The molecule has 2 aromatic rings. The molecule has 104 valence electrons. The van der Waals surface area contributed by atoms with Crippen LogP contribution in [-0.2, 0) is 0 Å². The molecule has 2 nitrogen and oxygen atoms in total. The van der Waals surface area contributed by atoms with Gasteiger partial charge in [-0.3, -0.25) is 4.79 Å².